The van der Waals surface area contributed by atoms with E-state index in [2.05, 4.69) is 0 Å². The van der Waals surface area contributed by atoms with Gasteiger partial charge in [0.2, 0.25) is 12.2 Å². The number of hydrogen-bond acceptors (Lipinski definition) is 4. The van der Waals surface area contributed by atoms with E-state index in [4.69, 9.17) is 4.74 Å². The van der Waals surface area contributed by atoms with Crippen LogP contribution in [0.3, 0.4) is 0 Å². The van der Waals surface area contributed by atoms with Crippen LogP contribution >= 0.6 is 0 Å². The lowest BCUT2D eigenvalue weighted by Gasteiger charge is -2.28. The quantitative estimate of drug-likeness (QED) is 0.696. The largest absolute Gasteiger partial charge is 0.361 e. The minimum atomic E-state index is -1.45. The molecule has 20 heavy (non-hydrogen) atoms. The van der Waals surface area contributed by atoms with Crippen LogP contribution in [0.15, 0.2) is 0 Å². The van der Waals surface area contributed by atoms with E-state index in [9.17, 15) is 14.7 Å². The van der Waals surface area contributed by atoms with Crippen LogP contribution in [0.2, 0.25) is 0 Å². The molecule has 0 aromatic heterocycles. The monoisotopic (exact) mass is 286 g/mol. The molecule has 0 bridgehead atoms. The number of carbonyl (C=O) groups is 2. The van der Waals surface area contributed by atoms with Crippen molar-refractivity contribution in [3.05, 3.63) is 0 Å². The van der Waals surface area contributed by atoms with Crippen molar-refractivity contribution in [2.45, 2.75) is 45.8 Å². The lowest BCUT2D eigenvalue weighted by Crippen LogP contribution is -2.43. The molecule has 0 radical (unpaired) electrons. The highest BCUT2D eigenvalue weighted by Crippen LogP contribution is 2.10. The molecule has 1 heterocycles. The van der Waals surface area contributed by atoms with Crippen LogP contribution in [0, 0.1) is 0 Å². The van der Waals surface area contributed by atoms with Crippen LogP contribution in [-0.2, 0) is 14.3 Å². The number of hydrogen-bond donors (Lipinski definition) is 1. The van der Waals surface area contributed by atoms with E-state index in [0.29, 0.717) is 26.2 Å². The number of likely N-dealkylation sites (tertiary alicyclic amines) is 1. The Hall–Kier alpha value is -1.14. The minimum Gasteiger partial charge on any atom is -0.361 e. The fraction of sp³-hybridized carbons (Fsp3) is 0.857. The Morgan fingerprint density at radius 3 is 2.35 bits per heavy atom. The zero-order valence-electron chi connectivity index (χ0n) is 12.5. The lowest BCUT2D eigenvalue weighted by atomic mass is 10.1. The SMILES string of the molecule is CCN(CC)C(=O)CCOC(O)C(=O)N1CCCCC1. The van der Waals surface area contributed by atoms with E-state index in [1.807, 2.05) is 13.8 Å². The number of carbonyl (C=O) groups excluding carboxylic acids is 2. The average Bonchev–Trinajstić information content (AvgIpc) is 2.48. The first-order valence-electron chi connectivity index (χ1n) is 7.46. The van der Waals surface area contributed by atoms with Crippen LogP contribution in [0.5, 0.6) is 0 Å². The van der Waals surface area contributed by atoms with Crippen molar-refractivity contribution >= 4 is 11.8 Å². The molecule has 1 aliphatic heterocycles. The predicted molar refractivity (Wildman–Crippen MR) is 74.9 cm³/mol. The Kier molecular flexibility index (Phi) is 7.54. The summed E-state index contributed by atoms with van der Waals surface area (Å²) in [6, 6.07) is 0. The first-order valence-corrected chi connectivity index (χ1v) is 7.46. The fourth-order valence-corrected chi connectivity index (χ4v) is 2.33. The maximum absolute atomic E-state index is 11.9. The molecular weight excluding hydrogens is 260 g/mol. The second kappa shape index (κ2) is 8.92. The zero-order valence-corrected chi connectivity index (χ0v) is 12.5. The van der Waals surface area contributed by atoms with Crippen LogP contribution in [0.25, 0.3) is 0 Å². The molecule has 0 aliphatic carbocycles. The van der Waals surface area contributed by atoms with Crippen molar-refractivity contribution in [3.63, 3.8) is 0 Å². The van der Waals surface area contributed by atoms with Crippen molar-refractivity contribution < 1.29 is 19.4 Å². The third-order valence-corrected chi connectivity index (χ3v) is 3.59. The van der Waals surface area contributed by atoms with Gasteiger partial charge in [0.25, 0.3) is 5.91 Å². The molecule has 1 unspecified atom stereocenters. The number of nitrogens with zero attached hydrogens (tertiary/aromatic N) is 2. The minimum absolute atomic E-state index is 0.0207. The second-order valence-electron chi connectivity index (χ2n) is 4.93. The smallest absolute Gasteiger partial charge is 0.279 e. The second-order valence-corrected chi connectivity index (χ2v) is 4.93. The van der Waals surface area contributed by atoms with Gasteiger partial charge in [0.05, 0.1) is 13.0 Å². The average molecular weight is 286 g/mol. The number of amides is 2. The fourth-order valence-electron chi connectivity index (χ4n) is 2.33. The maximum Gasteiger partial charge on any atom is 0.279 e. The summed E-state index contributed by atoms with van der Waals surface area (Å²) < 4.78 is 5.08. The number of aliphatic hydroxyl groups excluding tert-OH is 1. The van der Waals surface area contributed by atoms with Gasteiger partial charge in [-0.15, -0.1) is 0 Å². The van der Waals surface area contributed by atoms with Gasteiger partial charge in [0, 0.05) is 26.2 Å². The van der Waals surface area contributed by atoms with Crippen molar-refractivity contribution in [1.29, 1.82) is 0 Å². The van der Waals surface area contributed by atoms with E-state index >= 15 is 0 Å². The highest BCUT2D eigenvalue weighted by atomic mass is 16.6. The molecule has 116 valence electrons. The molecule has 0 spiro atoms. The zero-order chi connectivity index (χ0) is 15.0. The molecule has 1 N–H and O–H groups in total. The summed E-state index contributed by atoms with van der Waals surface area (Å²) in [4.78, 5) is 26.9. The lowest BCUT2D eigenvalue weighted by molar-refractivity contribution is -0.171. The highest BCUT2D eigenvalue weighted by Gasteiger charge is 2.24. The number of rotatable bonds is 7. The van der Waals surface area contributed by atoms with Gasteiger partial charge in [-0.1, -0.05) is 0 Å². The molecule has 0 saturated carbocycles. The number of ether oxygens (including phenoxy) is 1. The van der Waals surface area contributed by atoms with Crippen molar-refractivity contribution in [2.75, 3.05) is 32.8 Å². The summed E-state index contributed by atoms with van der Waals surface area (Å²) in [5.74, 6) is -0.410. The predicted octanol–water partition coefficient (Wildman–Crippen LogP) is 0.592. The Labute approximate surface area is 120 Å². The summed E-state index contributed by atoms with van der Waals surface area (Å²) in [5, 5.41) is 9.70. The molecule has 1 saturated heterocycles. The molecule has 1 aliphatic rings. The van der Waals surface area contributed by atoms with Gasteiger partial charge < -0.3 is 19.6 Å². The van der Waals surface area contributed by atoms with Gasteiger partial charge in [-0.05, 0) is 33.1 Å². The van der Waals surface area contributed by atoms with E-state index in [1.165, 1.54) is 0 Å². The summed E-state index contributed by atoms with van der Waals surface area (Å²) in [5.41, 5.74) is 0. The Morgan fingerprint density at radius 1 is 1.20 bits per heavy atom. The van der Waals surface area contributed by atoms with Gasteiger partial charge >= 0.3 is 0 Å². The molecule has 2 amide bonds. The maximum atomic E-state index is 11.9. The Balaban J connectivity index is 2.26. The van der Waals surface area contributed by atoms with Crippen LogP contribution in [0.4, 0.5) is 0 Å². The van der Waals surface area contributed by atoms with Gasteiger partial charge in [0.1, 0.15) is 0 Å². The third-order valence-electron chi connectivity index (χ3n) is 3.59. The van der Waals surface area contributed by atoms with E-state index < -0.39 is 6.29 Å². The van der Waals surface area contributed by atoms with E-state index in [1.54, 1.807) is 9.80 Å². The van der Waals surface area contributed by atoms with Gasteiger partial charge in [-0.3, -0.25) is 9.59 Å². The molecule has 6 heteroatoms. The normalized spacial score (nSPS) is 16.9. The highest BCUT2D eigenvalue weighted by molar-refractivity contribution is 5.79. The van der Waals surface area contributed by atoms with Crippen molar-refractivity contribution in [1.82, 2.24) is 9.80 Å². The standard InChI is InChI=1S/C14H26N2O4/c1-3-15(4-2)12(17)8-11-20-14(19)13(18)16-9-6-5-7-10-16/h14,19H,3-11H2,1-2H3. The molecule has 0 aromatic carbocycles. The number of aliphatic hydroxyl groups is 1. The van der Waals surface area contributed by atoms with E-state index in [0.717, 1.165) is 19.3 Å². The first-order chi connectivity index (χ1) is 9.60. The molecule has 1 rings (SSSR count). The van der Waals surface area contributed by atoms with Crippen LogP contribution in [-0.4, -0.2) is 65.8 Å². The Bertz CT molecular complexity index is 312. The van der Waals surface area contributed by atoms with Crippen molar-refractivity contribution in [2.24, 2.45) is 0 Å². The first kappa shape index (κ1) is 16.9. The van der Waals surface area contributed by atoms with Crippen LogP contribution < -0.4 is 0 Å². The topological polar surface area (TPSA) is 70.1 Å². The summed E-state index contributed by atoms with van der Waals surface area (Å²) in [6.07, 6.45) is 1.81. The molecule has 1 fully saturated rings. The Morgan fingerprint density at radius 2 is 1.80 bits per heavy atom. The third kappa shape index (κ3) is 5.09. The summed E-state index contributed by atoms with van der Waals surface area (Å²) in [6.45, 7) is 6.56. The van der Waals surface area contributed by atoms with Gasteiger partial charge in [-0.2, -0.15) is 0 Å². The van der Waals surface area contributed by atoms with Crippen molar-refractivity contribution in [3.8, 4) is 0 Å². The van der Waals surface area contributed by atoms with Crippen LogP contribution in [0.1, 0.15) is 39.5 Å². The van der Waals surface area contributed by atoms with E-state index in [-0.39, 0.29) is 24.8 Å². The molecule has 1 atom stereocenters. The molecular formula is C14H26N2O4. The van der Waals surface area contributed by atoms with Gasteiger partial charge in [-0.25, -0.2) is 0 Å². The summed E-state index contributed by atoms with van der Waals surface area (Å²) >= 11 is 0. The summed E-state index contributed by atoms with van der Waals surface area (Å²) in [7, 11) is 0. The van der Waals surface area contributed by atoms with Gasteiger partial charge in [0.15, 0.2) is 0 Å². The number of piperidine rings is 1. The molecule has 6 nitrogen and oxygen atoms in total. The molecule has 0 aromatic rings.